The molecule has 2 N–H and O–H groups in total. The van der Waals surface area contributed by atoms with Crippen LogP contribution in [0.25, 0.3) is 11.3 Å². The van der Waals surface area contributed by atoms with E-state index >= 15 is 0 Å². The van der Waals surface area contributed by atoms with Crippen LogP contribution in [0, 0.1) is 17.3 Å². The number of rotatable bonds is 8. The topological polar surface area (TPSA) is 118 Å². The number of ether oxygens (including phenoxy) is 1. The maximum atomic E-state index is 14.4. The van der Waals surface area contributed by atoms with Gasteiger partial charge in [0.05, 0.1) is 6.42 Å². The van der Waals surface area contributed by atoms with Gasteiger partial charge in [0.25, 0.3) is 5.95 Å². The first-order valence-electron chi connectivity index (χ1n) is 12.5. The summed E-state index contributed by atoms with van der Waals surface area (Å²) in [5.74, 6) is -0.427. The lowest BCUT2D eigenvalue weighted by atomic mass is 9.79. The van der Waals surface area contributed by atoms with E-state index in [2.05, 4.69) is 20.4 Å². The smallest absolute Gasteiger partial charge is 0.412 e. The number of benzene rings is 1. The summed E-state index contributed by atoms with van der Waals surface area (Å²) in [5, 5.41) is 15.0. The van der Waals surface area contributed by atoms with Gasteiger partial charge >= 0.3 is 12.1 Å². The third-order valence-electron chi connectivity index (χ3n) is 7.52. The van der Waals surface area contributed by atoms with Gasteiger partial charge in [0.2, 0.25) is 0 Å². The number of halogens is 1. The Balaban J connectivity index is 1.21. The minimum absolute atomic E-state index is 0.0188. The summed E-state index contributed by atoms with van der Waals surface area (Å²) in [6.45, 7) is 3.32. The standard InChI is InChI=1S/C27H29FN4O5/c1-17(18-5-3-2-4-6-18)36-26(35)30-23-24(37-31-25(23)28)19-7-8-21(29-16-19)32-13-9-20(10-14-32)27(11-12-27)15-22(33)34/h2-8,16-17,20H,9-15H2,1H3,(H,30,35)(H,33,34). The van der Waals surface area contributed by atoms with Gasteiger partial charge in [-0.15, -0.1) is 0 Å². The van der Waals surface area contributed by atoms with Crippen molar-refractivity contribution in [3.05, 3.63) is 60.2 Å². The van der Waals surface area contributed by atoms with E-state index in [1.54, 1.807) is 19.2 Å². The summed E-state index contributed by atoms with van der Waals surface area (Å²) in [5.41, 5.74) is 1.03. The first-order valence-corrected chi connectivity index (χ1v) is 12.5. The van der Waals surface area contributed by atoms with Crippen molar-refractivity contribution in [2.24, 2.45) is 11.3 Å². The third kappa shape index (κ3) is 5.42. The van der Waals surface area contributed by atoms with Gasteiger partial charge in [-0.3, -0.25) is 10.1 Å². The number of carbonyl (C=O) groups excluding carboxylic acids is 1. The van der Waals surface area contributed by atoms with E-state index in [0.717, 1.165) is 50.2 Å². The number of hydrogen-bond acceptors (Lipinski definition) is 7. The molecule has 5 rings (SSSR count). The Hall–Kier alpha value is -3.95. The normalized spacial score (nSPS) is 17.7. The van der Waals surface area contributed by atoms with Gasteiger partial charge in [-0.2, -0.15) is 4.39 Å². The molecule has 2 aromatic heterocycles. The summed E-state index contributed by atoms with van der Waals surface area (Å²) in [6.07, 6.45) is 4.31. The number of nitrogens with zero attached hydrogens (tertiary/aromatic N) is 3. The van der Waals surface area contributed by atoms with E-state index < -0.39 is 24.1 Å². The zero-order chi connectivity index (χ0) is 26.0. The number of aromatic nitrogens is 2. The Morgan fingerprint density at radius 2 is 1.95 bits per heavy atom. The molecule has 1 aliphatic heterocycles. The largest absolute Gasteiger partial charge is 0.481 e. The van der Waals surface area contributed by atoms with E-state index in [1.807, 2.05) is 36.4 Å². The number of carboxylic acid groups (broad SMARTS) is 1. The van der Waals surface area contributed by atoms with E-state index in [-0.39, 0.29) is 23.3 Å². The highest BCUT2D eigenvalue weighted by Gasteiger charge is 2.50. The number of carboxylic acids is 1. The minimum Gasteiger partial charge on any atom is -0.481 e. The van der Waals surface area contributed by atoms with Crippen molar-refractivity contribution in [1.29, 1.82) is 0 Å². The Labute approximate surface area is 213 Å². The number of piperidine rings is 1. The summed E-state index contributed by atoms with van der Waals surface area (Å²) in [4.78, 5) is 30.4. The van der Waals surface area contributed by atoms with E-state index in [0.29, 0.717) is 11.5 Å². The Morgan fingerprint density at radius 3 is 2.57 bits per heavy atom. The maximum Gasteiger partial charge on any atom is 0.412 e. The van der Waals surface area contributed by atoms with E-state index in [9.17, 15) is 19.1 Å². The fourth-order valence-corrected chi connectivity index (χ4v) is 5.28. The van der Waals surface area contributed by atoms with Gasteiger partial charge in [0, 0.05) is 24.8 Å². The highest BCUT2D eigenvalue weighted by molar-refractivity contribution is 5.89. The highest BCUT2D eigenvalue weighted by Crippen LogP contribution is 2.57. The zero-order valence-electron chi connectivity index (χ0n) is 20.5. The second kappa shape index (κ2) is 10.2. The quantitative estimate of drug-likeness (QED) is 0.400. The molecule has 1 amide bonds. The number of anilines is 2. The van der Waals surface area contributed by atoms with Crippen LogP contribution in [0.1, 0.15) is 50.7 Å². The minimum atomic E-state index is -0.958. The van der Waals surface area contributed by atoms with Crippen molar-refractivity contribution in [3.63, 3.8) is 0 Å². The first-order chi connectivity index (χ1) is 17.8. The Kier molecular flexibility index (Phi) is 6.82. The number of aliphatic carboxylic acids is 1. The predicted octanol–water partition coefficient (Wildman–Crippen LogP) is 5.66. The number of hydrogen-bond donors (Lipinski definition) is 2. The molecule has 1 saturated heterocycles. The van der Waals surface area contributed by atoms with Crippen molar-refractivity contribution >= 4 is 23.6 Å². The predicted molar refractivity (Wildman–Crippen MR) is 134 cm³/mol. The van der Waals surface area contributed by atoms with Gasteiger partial charge in [-0.1, -0.05) is 30.3 Å². The molecule has 0 radical (unpaired) electrons. The lowest BCUT2D eigenvalue weighted by Crippen LogP contribution is -2.37. The molecule has 0 bridgehead atoms. The molecule has 3 aromatic rings. The monoisotopic (exact) mass is 508 g/mol. The van der Waals surface area contributed by atoms with E-state index in [1.165, 1.54) is 0 Å². The van der Waals surface area contributed by atoms with Gasteiger partial charge in [0.15, 0.2) is 5.76 Å². The molecule has 0 spiro atoms. The van der Waals surface area contributed by atoms with Crippen molar-refractivity contribution in [2.75, 3.05) is 23.3 Å². The van der Waals surface area contributed by atoms with Gasteiger partial charge in [-0.25, -0.2) is 9.78 Å². The Morgan fingerprint density at radius 1 is 1.22 bits per heavy atom. The molecular weight excluding hydrogens is 479 g/mol. The molecule has 37 heavy (non-hydrogen) atoms. The maximum absolute atomic E-state index is 14.4. The second-order valence-electron chi connectivity index (χ2n) is 9.86. The molecule has 2 aliphatic rings. The van der Waals surface area contributed by atoms with Crippen LogP contribution in [0.15, 0.2) is 53.2 Å². The summed E-state index contributed by atoms with van der Waals surface area (Å²) >= 11 is 0. The lowest BCUT2D eigenvalue weighted by molar-refractivity contribution is -0.139. The molecule has 1 unspecified atom stereocenters. The zero-order valence-corrected chi connectivity index (χ0v) is 20.5. The first kappa shape index (κ1) is 24.7. The van der Waals surface area contributed by atoms with Gasteiger partial charge in [0.1, 0.15) is 17.6 Å². The van der Waals surface area contributed by atoms with Gasteiger partial charge < -0.3 is 19.3 Å². The highest BCUT2D eigenvalue weighted by atomic mass is 19.1. The molecule has 194 valence electrons. The number of amides is 1. The summed E-state index contributed by atoms with van der Waals surface area (Å²) < 4.78 is 24.9. The van der Waals surface area contributed by atoms with Crippen LogP contribution < -0.4 is 10.2 Å². The number of pyridine rings is 1. The average Bonchev–Trinajstić information content (AvgIpc) is 3.59. The van der Waals surface area contributed by atoms with Crippen LogP contribution in [0.3, 0.4) is 0 Å². The van der Waals surface area contributed by atoms with E-state index in [4.69, 9.17) is 9.26 Å². The molecule has 3 heterocycles. The summed E-state index contributed by atoms with van der Waals surface area (Å²) in [6, 6.07) is 12.8. The van der Waals surface area contributed by atoms with Crippen molar-refractivity contribution in [2.45, 2.75) is 45.1 Å². The van der Waals surface area contributed by atoms with Crippen molar-refractivity contribution in [3.8, 4) is 11.3 Å². The molecular formula is C27H29FN4O5. The fourth-order valence-electron chi connectivity index (χ4n) is 5.28. The van der Waals surface area contributed by atoms with Crippen LogP contribution in [-0.2, 0) is 9.53 Å². The molecule has 9 nitrogen and oxygen atoms in total. The molecule has 10 heteroatoms. The van der Waals surface area contributed by atoms with Crippen LogP contribution in [0.4, 0.5) is 20.7 Å². The molecule has 1 aliphatic carbocycles. The van der Waals surface area contributed by atoms with Crippen molar-refractivity contribution in [1.82, 2.24) is 10.1 Å². The molecule has 1 atom stereocenters. The van der Waals surface area contributed by atoms with Crippen molar-refractivity contribution < 1.29 is 28.3 Å². The molecule has 2 fully saturated rings. The number of carbonyl (C=O) groups is 2. The van der Waals surface area contributed by atoms with Crippen LogP contribution >= 0.6 is 0 Å². The fraction of sp³-hybridized carbons (Fsp3) is 0.407. The average molecular weight is 509 g/mol. The lowest BCUT2D eigenvalue weighted by Gasteiger charge is -2.36. The number of nitrogens with one attached hydrogen (secondary N) is 1. The Bertz CT molecular complexity index is 1250. The van der Waals surface area contributed by atoms with Crippen LogP contribution in [-0.4, -0.2) is 40.4 Å². The second-order valence-corrected chi connectivity index (χ2v) is 9.86. The summed E-state index contributed by atoms with van der Waals surface area (Å²) in [7, 11) is 0. The van der Waals surface area contributed by atoms with Gasteiger partial charge in [-0.05, 0) is 66.8 Å². The van der Waals surface area contributed by atoms with Crippen LogP contribution in [0.2, 0.25) is 0 Å². The molecule has 1 saturated carbocycles. The SMILES string of the molecule is CC(OC(=O)Nc1c(F)noc1-c1ccc(N2CCC(C3(CC(=O)O)CC3)CC2)nc1)c1ccccc1. The third-order valence-corrected chi connectivity index (χ3v) is 7.52. The van der Waals surface area contributed by atoms with Crippen LogP contribution in [0.5, 0.6) is 0 Å². The molecule has 1 aromatic carbocycles.